The second kappa shape index (κ2) is 6.13. The first-order chi connectivity index (χ1) is 10.0. The van der Waals surface area contributed by atoms with Gasteiger partial charge in [0, 0.05) is 6.07 Å². The van der Waals surface area contributed by atoms with Crippen LogP contribution < -0.4 is 10.5 Å². The first kappa shape index (κ1) is 14.7. The monoisotopic (exact) mass is 353 g/mol. The summed E-state index contributed by atoms with van der Waals surface area (Å²) >= 11 is 3.10. The van der Waals surface area contributed by atoms with Crippen LogP contribution in [0.3, 0.4) is 0 Å². The van der Waals surface area contributed by atoms with Crippen molar-refractivity contribution in [2.75, 3.05) is 0 Å². The summed E-state index contributed by atoms with van der Waals surface area (Å²) in [5, 5.41) is 22.1. The van der Waals surface area contributed by atoms with Gasteiger partial charge in [0.1, 0.15) is 10.2 Å². The number of nitrogens with zero attached hydrogens (tertiary/aromatic N) is 4. The third-order valence-corrected chi connectivity index (χ3v) is 3.15. The number of hydrogen-bond acceptors (Lipinski definition) is 7. The highest BCUT2D eigenvalue weighted by molar-refractivity contribution is 9.10. The smallest absolute Gasteiger partial charge is 0.287 e. The molecule has 0 aliphatic carbocycles. The number of halogens is 1. The Morgan fingerprint density at radius 3 is 2.76 bits per heavy atom. The Hall–Kier alpha value is -2.75. The van der Waals surface area contributed by atoms with E-state index in [1.807, 2.05) is 0 Å². The summed E-state index contributed by atoms with van der Waals surface area (Å²) < 4.78 is 5.59. The van der Waals surface area contributed by atoms with Crippen LogP contribution in [0.15, 0.2) is 40.2 Å². The third kappa shape index (κ3) is 3.23. The van der Waals surface area contributed by atoms with Gasteiger partial charge in [0.25, 0.3) is 5.69 Å². The van der Waals surface area contributed by atoms with Crippen molar-refractivity contribution in [2.24, 2.45) is 10.9 Å². The van der Waals surface area contributed by atoms with E-state index >= 15 is 0 Å². The lowest BCUT2D eigenvalue weighted by Gasteiger charge is -2.06. The molecule has 0 spiro atoms. The number of ether oxygens (including phenoxy) is 1. The van der Waals surface area contributed by atoms with Gasteiger partial charge in [-0.15, -0.1) is 0 Å². The van der Waals surface area contributed by atoms with Crippen molar-refractivity contribution in [2.45, 2.75) is 0 Å². The Labute approximate surface area is 126 Å². The van der Waals surface area contributed by atoms with E-state index in [0.29, 0.717) is 0 Å². The fraction of sp³-hybridized carbons (Fsp3) is 0. The molecule has 9 nitrogen and oxygen atoms in total. The molecular weight excluding hydrogens is 346 g/mol. The molecule has 1 aromatic heterocycles. The molecule has 3 N–H and O–H groups in total. The van der Waals surface area contributed by atoms with E-state index in [-0.39, 0.29) is 33.3 Å². The van der Waals surface area contributed by atoms with Gasteiger partial charge in [-0.25, -0.2) is 9.97 Å². The SMILES string of the molecule is N/C(=N/O)c1cnc(Oc2cccc([N+](=O)[O-])c2Br)cn1. The minimum Gasteiger partial charge on any atom is -0.436 e. The maximum absolute atomic E-state index is 10.8. The van der Waals surface area contributed by atoms with E-state index in [1.165, 1.54) is 30.6 Å². The van der Waals surface area contributed by atoms with Crippen molar-refractivity contribution in [1.82, 2.24) is 9.97 Å². The number of benzene rings is 1. The molecule has 0 aliphatic rings. The van der Waals surface area contributed by atoms with Crippen molar-refractivity contribution >= 4 is 27.5 Å². The lowest BCUT2D eigenvalue weighted by Crippen LogP contribution is -2.15. The first-order valence-electron chi connectivity index (χ1n) is 5.43. The molecule has 1 aromatic carbocycles. The van der Waals surface area contributed by atoms with Crippen LogP contribution in [0, 0.1) is 10.1 Å². The molecule has 2 aromatic rings. The highest BCUT2D eigenvalue weighted by atomic mass is 79.9. The molecule has 0 fully saturated rings. The van der Waals surface area contributed by atoms with Gasteiger partial charge in [0.15, 0.2) is 11.6 Å². The summed E-state index contributed by atoms with van der Waals surface area (Å²) in [7, 11) is 0. The molecule has 2 rings (SSSR count). The maximum atomic E-state index is 10.8. The van der Waals surface area contributed by atoms with E-state index in [2.05, 4.69) is 31.1 Å². The van der Waals surface area contributed by atoms with Gasteiger partial charge >= 0.3 is 0 Å². The predicted octanol–water partition coefficient (Wildman–Crippen LogP) is 2.03. The first-order valence-corrected chi connectivity index (χ1v) is 6.23. The van der Waals surface area contributed by atoms with Crippen molar-refractivity contribution in [3.63, 3.8) is 0 Å². The Morgan fingerprint density at radius 1 is 1.43 bits per heavy atom. The fourth-order valence-corrected chi connectivity index (χ4v) is 1.87. The molecule has 0 radical (unpaired) electrons. The Bertz CT molecular complexity index is 704. The maximum Gasteiger partial charge on any atom is 0.287 e. The molecule has 0 amide bonds. The summed E-state index contributed by atoms with van der Waals surface area (Å²) in [6.07, 6.45) is 2.49. The third-order valence-electron chi connectivity index (χ3n) is 2.35. The molecule has 0 atom stereocenters. The number of amidine groups is 1. The number of aromatic nitrogens is 2. The number of nitro groups is 1. The quantitative estimate of drug-likeness (QED) is 0.282. The zero-order valence-corrected chi connectivity index (χ0v) is 11.9. The normalized spacial score (nSPS) is 11.2. The minimum atomic E-state index is -0.538. The summed E-state index contributed by atoms with van der Waals surface area (Å²) in [6.45, 7) is 0. The molecular formula is C11H8BrN5O4. The minimum absolute atomic E-state index is 0.102. The van der Waals surface area contributed by atoms with E-state index < -0.39 is 4.92 Å². The number of hydrogen-bond donors (Lipinski definition) is 2. The van der Waals surface area contributed by atoms with Gasteiger partial charge < -0.3 is 15.7 Å². The van der Waals surface area contributed by atoms with Crippen molar-refractivity contribution in [1.29, 1.82) is 0 Å². The average molecular weight is 354 g/mol. The number of rotatable bonds is 4. The number of oxime groups is 1. The second-order valence-electron chi connectivity index (χ2n) is 3.67. The van der Waals surface area contributed by atoms with Crippen LogP contribution in [-0.2, 0) is 0 Å². The standard InChI is InChI=1S/C11H8BrN5O4/c12-10-7(17(19)20)2-1-3-8(10)21-9-5-14-6(4-15-9)11(13)16-18/h1-5,18H,(H2,13,16). The van der Waals surface area contributed by atoms with Gasteiger partial charge in [-0.1, -0.05) is 11.2 Å². The summed E-state index contributed by atoms with van der Waals surface area (Å²) in [5.74, 6) is 0.131. The zero-order chi connectivity index (χ0) is 15.4. The topological polar surface area (TPSA) is 137 Å². The molecule has 0 unspecified atom stereocenters. The van der Waals surface area contributed by atoms with Crippen LogP contribution in [0.4, 0.5) is 5.69 Å². The Kier molecular flexibility index (Phi) is 4.28. The fourth-order valence-electron chi connectivity index (χ4n) is 1.38. The van der Waals surface area contributed by atoms with E-state index in [4.69, 9.17) is 15.7 Å². The Balaban J connectivity index is 2.27. The van der Waals surface area contributed by atoms with Crippen molar-refractivity contribution in [3.05, 3.63) is 50.9 Å². The average Bonchev–Trinajstić information content (AvgIpc) is 2.49. The van der Waals surface area contributed by atoms with Gasteiger partial charge in [-0.2, -0.15) is 0 Å². The van der Waals surface area contributed by atoms with Gasteiger partial charge in [0.2, 0.25) is 5.88 Å². The molecule has 10 heteroatoms. The zero-order valence-electron chi connectivity index (χ0n) is 10.3. The van der Waals surface area contributed by atoms with Crippen LogP contribution in [0.2, 0.25) is 0 Å². The lowest BCUT2D eigenvalue weighted by atomic mass is 10.3. The second-order valence-corrected chi connectivity index (χ2v) is 4.47. The van der Waals surface area contributed by atoms with Crippen molar-refractivity contribution in [3.8, 4) is 11.6 Å². The summed E-state index contributed by atoms with van der Waals surface area (Å²) in [5.41, 5.74) is 5.39. The summed E-state index contributed by atoms with van der Waals surface area (Å²) in [4.78, 5) is 18.1. The molecule has 0 aliphatic heterocycles. The van der Waals surface area contributed by atoms with Crippen LogP contribution in [0.25, 0.3) is 0 Å². The summed E-state index contributed by atoms with van der Waals surface area (Å²) in [6, 6.07) is 4.36. The van der Waals surface area contributed by atoms with Gasteiger partial charge in [-0.05, 0) is 22.0 Å². The molecule has 0 saturated carbocycles. The van der Waals surface area contributed by atoms with Crippen LogP contribution in [-0.4, -0.2) is 25.9 Å². The van der Waals surface area contributed by atoms with Crippen LogP contribution in [0.5, 0.6) is 11.6 Å². The largest absolute Gasteiger partial charge is 0.436 e. The highest BCUT2D eigenvalue weighted by Crippen LogP contribution is 2.35. The Morgan fingerprint density at radius 2 is 2.19 bits per heavy atom. The number of nitro benzene ring substituents is 1. The van der Waals surface area contributed by atoms with Gasteiger partial charge in [-0.3, -0.25) is 10.1 Å². The molecule has 21 heavy (non-hydrogen) atoms. The molecule has 108 valence electrons. The van der Waals surface area contributed by atoms with E-state index in [0.717, 1.165) is 0 Å². The van der Waals surface area contributed by atoms with E-state index in [1.54, 1.807) is 0 Å². The predicted molar refractivity (Wildman–Crippen MR) is 75.4 cm³/mol. The highest BCUT2D eigenvalue weighted by Gasteiger charge is 2.16. The molecule has 1 heterocycles. The number of nitrogens with two attached hydrogens (primary N) is 1. The van der Waals surface area contributed by atoms with Crippen LogP contribution >= 0.6 is 15.9 Å². The molecule has 0 saturated heterocycles. The van der Waals surface area contributed by atoms with Crippen molar-refractivity contribution < 1.29 is 14.9 Å². The lowest BCUT2D eigenvalue weighted by molar-refractivity contribution is -0.385. The van der Waals surface area contributed by atoms with E-state index in [9.17, 15) is 10.1 Å². The van der Waals surface area contributed by atoms with Crippen LogP contribution in [0.1, 0.15) is 5.69 Å². The van der Waals surface area contributed by atoms with Gasteiger partial charge in [0.05, 0.1) is 17.3 Å². The molecule has 0 bridgehead atoms.